The molecule has 4 heteroatoms. The summed E-state index contributed by atoms with van der Waals surface area (Å²) in [7, 11) is 0. The van der Waals surface area contributed by atoms with Gasteiger partial charge in [-0.2, -0.15) is 0 Å². The van der Waals surface area contributed by atoms with Crippen molar-refractivity contribution in [3.05, 3.63) is 16.0 Å². The van der Waals surface area contributed by atoms with Crippen LogP contribution in [0.4, 0.5) is 5.69 Å². The van der Waals surface area contributed by atoms with Crippen molar-refractivity contribution in [1.82, 2.24) is 9.78 Å². The first kappa shape index (κ1) is 12.3. The fourth-order valence-electron chi connectivity index (χ4n) is 2.59. The quantitative estimate of drug-likeness (QED) is 0.845. The van der Waals surface area contributed by atoms with Gasteiger partial charge in [0.05, 0.1) is 5.69 Å². The van der Waals surface area contributed by atoms with Crippen molar-refractivity contribution in [2.75, 3.05) is 5.73 Å². The van der Waals surface area contributed by atoms with Crippen LogP contribution in [0, 0.1) is 5.92 Å². The number of nitrogens with zero attached hydrogens (tertiary/aromatic N) is 1. The van der Waals surface area contributed by atoms with Crippen LogP contribution in [0.25, 0.3) is 0 Å². The molecule has 1 aliphatic rings. The van der Waals surface area contributed by atoms with Crippen LogP contribution in [-0.4, -0.2) is 9.78 Å². The Bertz CT molecular complexity index is 424. The molecule has 1 aromatic rings. The van der Waals surface area contributed by atoms with E-state index in [1.807, 2.05) is 0 Å². The molecular weight excluding hydrogens is 214 g/mol. The number of nitrogens with one attached hydrogen (secondary N) is 1. The SMILES string of the molecule is CC(C)CCn1[nH]c(C2CCCC2)c(N)c1=O. The highest BCUT2D eigenvalue weighted by molar-refractivity contribution is 5.43. The maximum atomic E-state index is 12.0. The lowest BCUT2D eigenvalue weighted by molar-refractivity contribution is 0.473. The summed E-state index contributed by atoms with van der Waals surface area (Å²) in [5.74, 6) is 1.07. The van der Waals surface area contributed by atoms with Gasteiger partial charge in [0.2, 0.25) is 0 Å². The van der Waals surface area contributed by atoms with Gasteiger partial charge in [0.1, 0.15) is 5.69 Å². The monoisotopic (exact) mass is 237 g/mol. The molecule has 1 fully saturated rings. The Morgan fingerprint density at radius 2 is 2.06 bits per heavy atom. The zero-order valence-corrected chi connectivity index (χ0v) is 10.8. The van der Waals surface area contributed by atoms with Gasteiger partial charge >= 0.3 is 0 Å². The molecular formula is C13H23N3O. The summed E-state index contributed by atoms with van der Waals surface area (Å²) in [6.45, 7) is 5.07. The molecule has 1 saturated carbocycles. The largest absolute Gasteiger partial charge is 0.393 e. The van der Waals surface area contributed by atoms with E-state index in [2.05, 4.69) is 18.9 Å². The molecule has 1 heterocycles. The Hall–Kier alpha value is -1.19. The van der Waals surface area contributed by atoms with Gasteiger partial charge in [-0.05, 0) is 25.2 Å². The Balaban J connectivity index is 2.18. The Morgan fingerprint density at radius 1 is 1.41 bits per heavy atom. The molecule has 1 aromatic heterocycles. The second-order valence-corrected chi connectivity index (χ2v) is 5.56. The molecule has 1 aliphatic carbocycles. The summed E-state index contributed by atoms with van der Waals surface area (Å²) in [6, 6.07) is 0. The van der Waals surface area contributed by atoms with Gasteiger partial charge < -0.3 is 5.73 Å². The second-order valence-electron chi connectivity index (χ2n) is 5.56. The van der Waals surface area contributed by atoms with Crippen LogP contribution in [0.15, 0.2) is 4.79 Å². The molecule has 0 radical (unpaired) electrons. The first-order valence-electron chi connectivity index (χ1n) is 6.67. The number of rotatable bonds is 4. The fourth-order valence-corrected chi connectivity index (χ4v) is 2.59. The van der Waals surface area contributed by atoms with Gasteiger partial charge in [0.15, 0.2) is 0 Å². The molecule has 0 atom stereocenters. The Kier molecular flexibility index (Phi) is 3.60. The van der Waals surface area contributed by atoms with E-state index in [-0.39, 0.29) is 5.56 Å². The van der Waals surface area contributed by atoms with Crippen molar-refractivity contribution < 1.29 is 0 Å². The highest BCUT2D eigenvalue weighted by Crippen LogP contribution is 2.34. The maximum Gasteiger partial charge on any atom is 0.289 e. The molecule has 0 unspecified atom stereocenters. The average molecular weight is 237 g/mol. The first-order valence-corrected chi connectivity index (χ1v) is 6.67. The fraction of sp³-hybridized carbons (Fsp3) is 0.769. The number of hydrogen-bond acceptors (Lipinski definition) is 2. The number of aryl methyl sites for hydroxylation is 1. The van der Waals surface area contributed by atoms with Gasteiger partial charge in [-0.3, -0.25) is 14.6 Å². The lowest BCUT2D eigenvalue weighted by Gasteiger charge is -2.07. The minimum Gasteiger partial charge on any atom is -0.393 e. The van der Waals surface area contributed by atoms with Crippen molar-refractivity contribution in [3.63, 3.8) is 0 Å². The molecule has 0 bridgehead atoms. The molecule has 17 heavy (non-hydrogen) atoms. The summed E-state index contributed by atoms with van der Waals surface area (Å²) < 4.78 is 1.68. The van der Waals surface area contributed by atoms with E-state index >= 15 is 0 Å². The van der Waals surface area contributed by atoms with Crippen LogP contribution in [0.1, 0.15) is 57.6 Å². The number of H-pyrrole nitrogens is 1. The minimum absolute atomic E-state index is 0.0347. The zero-order valence-electron chi connectivity index (χ0n) is 10.8. The molecule has 3 N–H and O–H groups in total. The number of nitrogen functional groups attached to an aromatic ring is 1. The molecule has 4 nitrogen and oxygen atoms in total. The second kappa shape index (κ2) is 4.98. The van der Waals surface area contributed by atoms with E-state index in [1.165, 1.54) is 12.8 Å². The van der Waals surface area contributed by atoms with Crippen molar-refractivity contribution in [3.8, 4) is 0 Å². The van der Waals surface area contributed by atoms with Crippen LogP contribution in [0.2, 0.25) is 0 Å². The molecule has 0 saturated heterocycles. The van der Waals surface area contributed by atoms with Crippen molar-refractivity contribution in [2.24, 2.45) is 5.92 Å². The van der Waals surface area contributed by atoms with E-state index < -0.39 is 0 Å². The predicted molar refractivity (Wildman–Crippen MR) is 70.1 cm³/mol. The van der Waals surface area contributed by atoms with E-state index in [9.17, 15) is 4.79 Å². The summed E-state index contributed by atoms with van der Waals surface area (Å²) in [5.41, 5.74) is 7.32. The molecule has 0 amide bonds. The summed E-state index contributed by atoms with van der Waals surface area (Å²) in [6.07, 6.45) is 5.83. The highest BCUT2D eigenvalue weighted by atomic mass is 16.1. The van der Waals surface area contributed by atoms with E-state index in [0.29, 0.717) is 17.5 Å². The summed E-state index contributed by atoms with van der Waals surface area (Å²) in [4.78, 5) is 12.0. The maximum absolute atomic E-state index is 12.0. The van der Waals surface area contributed by atoms with Gasteiger partial charge in [-0.15, -0.1) is 0 Å². The number of hydrogen-bond donors (Lipinski definition) is 2. The third-order valence-corrected chi connectivity index (χ3v) is 3.71. The van der Waals surface area contributed by atoms with E-state index in [4.69, 9.17) is 5.73 Å². The van der Waals surface area contributed by atoms with Crippen LogP contribution in [0.5, 0.6) is 0 Å². The lowest BCUT2D eigenvalue weighted by Crippen LogP contribution is -2.19. The topological polar surface area (TPSA) is 63.8 Å². The number of anilines is 1. The minimum atomic E-state index is -0.0347. The normalized spacial score (nSPS) is 17.1. The van der Waals surface area contributed by atoms with Crippen LogP contribution >= 0.6 is 0 Å². The van der Waals surface area contributed by atoms with E-state index in [0.717, 1.165) is 31.5 Å². The standard InChI is InChI=1S/C13H23N3O/c1-9(2)7-8-16-13(17)11(14)12(15-16)10-5-3-4-6-10/h9-10,15H,3-8,14H2,1-2H3. The van der Waals surface area contributed by atoms with Crippen molar-refractivity contribution in [1.29, 1.82) is 0 Å². The van der Waals surface area contributed by atoms with Crippen LogP contribution in [-0.2, 0) is 6.54 Å². The third kappa shape index (κ3) is 2.56. The van der Waals surface area contributed by atoms with Crippen LogP contribution < -0.4 is 11.3 Å². The van der Waals surface area contributed by atoms with Crippen LogP contribution in [0.3, 0.4) is 0 Å². The molecule has 96 valence electrons. The molecule has 0 aliphatic heterocycles. The number of aromatic amines is 1. The van der Waals surface area contributed by atoms with Crippen molar-refractivity contribution >= 4 is 5.69 Å². The summed E-state index contributed by atoms with van der Waals surface area (Å²) >= 11 is 0. The average Bonchev–Trinajstić information content (AvgIpc) is 2.88. The van der Waals surface area contributed by atoms with Gasteiger partial charge in [-0.25, -0.2) is 0 Å². The van der Waals surface area contributed by atoms with Crippen molar-refractivity contribution in [2.45, 2.75) is 58.4 Å². The Labute approximate surface area is 102 Å². The first-order chi connectivity index (χ1) is 8.09. The lowest BCUT2D eigenvalue weighted by atomic mass is 10.0. The van der Waals surface area contributed by atoms with E-state index in [1.54, 1.807) is 4.68 Å². The third-order valence-electron chi connectivity index (χ3n) is 3.71. The molecule has 0 spiro atoms. The summed E-state index contributed by atoms with van der Waals surface area (Å²) in [5, 5.41) is 3.23. The smallest absolute Gasteiger partial charge is 0.289 e. The van der Waals surface area contributed by atoms with Gasteiger partial charge in [0.25, 0.3) is 5.56 Å². The Morgan fingerprint density at radius 3 is 2.65 bits per heavy atom. The number of nitrogens with two attached hydrogens (primary N) is 1. The predicted octanol–water partition coefficient (Wildman–Crippen LogP) is 2.46. The van der Waals surface area contributed by atoms with Gasteiger partial charge in [0, 0.05) is 12.5 Å². The molecule has 2 rings (SSSR count). The molecule has 0 aromatic carbocycles. The number of aromatic nitrogens is 2. The zero-order chi connectivity index (χ0) is 12.4. The highest BCUT2D eigenvalue weighted by Gasteiger charge is 2.23. The van der Waals surface area contributed by atoms with Gasteiger partial charge in [-0.1, -0.05) is 26.7 Å².